The molecule has 1 aliphatic carbocycles. The van der Waals surface area contributed by atoms with Crippen LogP contribution in [0, 0.1) is 21.3 Å². The van der Waals surface area contributed by atoms with Crippen molar-refractivity contribution in [2.24, 2.45) is 17.8 Å². The third-order valence-corrected chi connectivity index (χ3v) is 5.94. The van der Waals surface area contributed by atoms with Crippen molar-refractivity contribution >= 4 is 28.6 Å². The zero-order chi connectivity index (χ0) is 16.3. The van der Waals surface area contributed by atoms with Crippen LogP contribution >= 0.6 is 22.6 Å². The highest BCUT2D eigenvalue weighted by atomic mass is 127. The van der Waals surface area contributed by atoms with E-state index >= 15 is 0 Å². The fraction of sp³-hybridized carbons (Fsp3) is 0.632. The molecule has 1 aromatic carbocycles. The van der Waals surface area contributed by atoms with Gasteiger partial charge in [-0.05, 0) is 71.7 Å². The monoisotopic (exact) mass is 414 g/mol. The summed E-state index contributed by atoms with van der Waals surface area (Å²) >= 11 is 2.29. The Labute approximate surface area is 148 Å². The lowest BCUT2D eigenvalue weighted by atomic mass is 9.75. The Morgan fingerprint density at radius 1 is 1.23 bits per heavy atom. The van der Waals surface area contributed by atoms with Crippen LogP contribution in [0.3, 0.4) is 0 Å². The maximum absolute atomic E-state index is 12.6. The van der Waals surface area contributed by atoms with Crippen LogP contribution in [-0.4, -0.2) is 12.1 Å². The Bertz CT molecular complexity index is 512. The van der Waals surface area contributed by atoms with Crippen molar-refractivity contribution in [1.82, 2.24) is 0 Å². The molecule has 0 radical (unpaired) electrons. The van der Waals surface area contributed by atoms with Crippen molar-refractivity contribution < 1.29 is 9.53 Å². The molecule has 3 heteroatoms. The predicted molar refractivity (Wildman–Crippen MR) is 98.8 cm³/mol. The van der Waals surface area contributed by atoms with Gasteiger partial charge in [0.25, 0.3) is 0 Å². The topological polar surface area (TPSA) is 26.3 Å². The second-order valence-corrected chi connectivity index (χ2v) is 8.21. The van der Waals surface area contributed by atoms with Crippen LogP contribution in [0.2, 0.25) is 0 Å². The lowest BCUT2D eigenvalue weighted by molar-refractivity contribution is -0.157. The van der Waals surface area contributed by atoms with Gasteiger partial charge in [0.1, 0.15) is 6.10 Å². The van der Waals surface area contributed by atoms with Gasteiger partial charge in [-0.25, -0.2) is 0 Å². The van der Waals surface area contributed by atoms with Gasteiger partial charge in [0.2, 0.25) is 0 Å². The average molecular weight is 414 g/mol. The summed E-state index contributed by atoms with van der Waals surface area (Å²) in [6, 6.07) is 8.05. The van der Waals surface area contributed by atoms with Gasteiger partial charge in [0.05, 0.1) is 5.92 Å². The number of benzene rings is 1. The van der Waals surface area contributed by atoms with E-state index in [4.69, 9.17) is 4.74 Å². The number of esters is 1. The number of ether oxygens (including phenoxy) is 1. The lowest BCUT2D eigenvalue weighted by Gasteiger charge is -2.37. The normalized spacial score (nSPS) is 26.7. The Balaban J connectivity index is 2.07. The van der Waals surface area contributed by atoms with Crippen LogP contribution in [0.4, 0.5) is 0 Å². The first-order chi connectivity index (χ1) is 10.4. The summed E-state index contributed by atoms with van der Waals surface area (Å²) in [4.78, 5) is 12.6. The molecule has 0 spiro atoms. The van der Waals surface area contributed by atoms with Crippen LogP contribution in [0.1, 0.15) is 58.4 Å². The standard InChI is InChI=1S/C19H27IO2/c1-12(2)15-10-9-13(3)11-18(15)22-19(21)14(4)16-7-5-6-8-17(16)20/h5-8,12-15,18H,9-11H2,1-4H3/t13-,14-,15+,18-/m1/s1. The Hall–Kier alpha value is -0.580. The molecule has 0 saturated heterocycles. The molecule has 22 heavy (non-hydrogen) atoms. The van der Waals surface area contributed by atoms with Gasteiger partial charge >= 0.3 is 5.97 Å². The van der Waals surface area contributed by atoms with Crippen molar-refractivity contribution in [3.8, 4) is 0 Å². The molecule has 0 N–H and O–H groups in total. The quantitative estimate of drug-likeness (QED) is 0.487. The first-order valence-electron chi connectivity index (χ1n) is 8.35. The molecule has 1 aliphatic rings. The first-order valence-corrected chi connectivity index (χ1v) is 9.43. The van der Waals surface area contributed by atoms with E-state index in [0.29, 0.717) is 17.8 Å². The minimum absolute atomic E-state index is 0.0751. The van der Waals surface area contributed by atoms with E-state index in [1.165, 1.54) is 12.8 Å². The van der Waals surface area contributed by atoms with Crippen molar-refractivity contribution in [3.05, 3.63) is 33.4 Å². The van der Waals surface area contributed by atoms with E-state index < -0.39 is 0 Å². The summed E-state index contributed by atoms with van der Waals surface area (Å²) in [7, 11) is 0. The molecular weight excluding hydrogens is 387 g/mol. The number of halogens is 1. The summed E-state index contributed by atoms with van der Waals surface area (Å²) in [6.07, 6.45) is 3.52. The van der Waals surface area contributed by atoms with Crippen molar-refractivity contribution in [2.75, 3.05) is 0 Å². The number of carbonyl (C=O) groups excluding carboxylic acids is 1. The fourth-order valence-corrected chi connectivity index (χ4v) is 4.31. The molecular formula is C19H27IO2. The minimum atomic E-state index is -0.196. The summed E-state index contributed by atoms with van der Waals surface area (Å²) in [6.45, 7) is 8.70. The highest BCUT2D eigenvalue weighted by Crippen LogP contribution is 2.36. The van der Waals surface area contributed by atoms with Crippen molar-refractivity contribution in [2.45, 2.75) is 59.0 Å². The first kappa shape index (κ1) is 17.8. The molecule has 1 aromatic rings. The fourth-order valence-electron chi connectivity index (χ4n) is 3.45. The summed E-state index contributed by atoms with van der Waals surface area (Å²) < 4.78 is 7.09. The third kappa shape index (κ3) is 4.24. The van der Waals surface area contributed by atoms with Gasteiger partial charge in [0.15, 0.2) is 0 Å². The minimum Gasteiger partial charge on any atom is -0.462 e. The highest BCUT2D eigenvalue weighted by Gasteiger charge is 2.34. The SMILES string of the molecule is CC(C)[C@@H]1CC[C@@H](C)C[C@H]1OC(=O)[C@H](C)c1ccccc1I. The van der Waals surface area contributed by atoms with E-state index in [1.807, 2.05) is 31.2 Å². The second kappa shape index (κ2) is 7.80. The van der Waals surface area contributed by atoms with E-state index in [0.717, 1.165) is 15.6 Å². The predicted octanol–water partition coefficient (Wildman–Crippen LogP) is 5.40. The van der Waals surface area contributed by atoms with Crippen LogP contribution in [0.25, 0.3) is 0 Å². The number of carbonyl (C=O) groups is 1. The van der Waals surface area contributed by atoms with Gasteiger partial charge < -0.3 is 4.74 Å². The van der Waals surface area contributed by atoms with Crippen LogP contribution in [-0.2, 0) is 9.53 Å². The third-order valence-electron chi connectivity index (χ3n) is 4.95. The zero-order valence-electron chi connectivity index (χ0n) is 14.0. The largest absolute Gasteiger partial charge is 0.462 e. The summed E-state index contributed by atoms with van der Waals surface area (Å²) in [5, 5.41) is 0. The Morgan fingerprint density at radius 3 is 2.55 bits per heavy atom. The number of rotatable bonds is 4. The lowest BCUT2D eigenvalue weighted by Crippen LogP contribution is -2.36. The van der Waals surface area contributed by atoms with Gasteiger partial charge in [-0.2, -0.15) is 0 Å². The molecule has 2 nitrogen and oxygen atoms in total. The second-order valence-electron chi connectivity index (χ2n) is 7.04. The Morgan fingerprint density at radius 2 is 1.91 bits per heavy atom. The van der Waals surface area contributed by atoms with Gasteiger partial charge in [-0.3, -0.25) is 4.79 Å². The molecule has 1 saturated carbocycles. The van der Waals surface area contributed by atoms with Crippen LogP contribution in [0.15, 0.2) is 24.3 Å². The molecule has 1 fully saturated rings. The summed E-state index contributed by atoms with van der Waals surface area (Å²) in [5.41, 5.74) is 1.07. The van der Waals surface area contributed by atoms with E-state index in [-0.39, 0.29) is 18.0 Å². The maximum atomic E-state index is 12.6. The smallest absolute Gasteiger partial charge is 0.313 e. The molecule has 4 atom stereocenters. The highest BCUT2D eigenvalue weighted by molar-refractivity contribution is 14.1. The Kier molecular flexibility index (Phi) is 6.30. The van der Waals surface area contributed by atoms with E-state index in [2.05, 4.69) is 43.4 Å². The molecule has 0 unspecified atom stereocenters. The van der Waals surface area contributed by atoms with Crippen molar-refractivity contribution in [3.63, 3.8) is 0 Å². The molecule has 0 heterocycles. The number of hydrogen-bond acceptors (Lipinski definition) is 2. The molecule has 0 amide bonds. The van der Waals surface area contributed by atoms with Crippen LogP contribution in [0.5, 0.6) is 0 Å². The molecule has 122 valence electrons. The summed E-state index contributed by atoms with van der Waals surface area (Å²) in [5.74, 6) is 1.45. The maximum Gasteiger partial charge on any atom is 0.313 e. The molecule has 0 aromatic heterocycles. The van der Waals surface area contributed by atoms with Gasteiger partial charge in [-0.15, -0.1) is 0 Å². The van der Waals surface area contributed by atoms with E-state index in [1.54, 1.807) is 0 Å². The molecule has 2 rings (SSSR count). The molecule has 0 aliphatic heterocycles. The van der Waals surface area contributed by atoms with Gasteiger partial charge in [-0.1, -0.05) is 45.4 Å². The number of hydrogen-bond donors (Lipinski definition) is 0. The van der Waals surface area contributed by atoms with Crippen molar-refractivity contribution in [1.29, 1.82) is 0 Å². The van der Waals surface area contributed by atoms with Gasteiger partial charge in [0, 0.05) is 3.57 Å². The zero-order valence-corrected chi connectivity index (χ0v) is 16.2. The molecule has 0 bridgehead atoms. The van der Waals surface area contributed by atoms with Crippen LogP contribution < -0.4 is 0 Å². The van der Waals surface area contributed by atoms with E-state index in [9.17, 15) is 4.79 Å². The average Bonchev–Trinajstić information content (AvgIpc) is 2.46.